The first-order valence-electron chi connectivity index (χ1n) is 7.86. The summed E-state index contributed by atoms with van der Waals surface area (Å²) >= 11 is 1.35. The van der Waals surface area contributed by atoms with Crippen LogP contribution in [-0.4, -0.2) is 24.7 Å². The van der Waals surface area contributed by atoms with E-state index in [1.165, 1.54) is 11.9 Å². The van der Waals surface area contributed by atoms with Crippen LogP contribution in [0, 0.1) is 0 Å². The van der Waals surface area contributed by atoms with Crippen molar-refractivity contribution in [1.29, 1.82) is 0 Å². The molecule has 2 aromatic rings. The minimum Gasteiger partial charge on any atom is -0.423 e. The minimum absolute atomic E-state index is 0.284. The molecule has 0 fully saturated rings. The number of nitrogens with two attached hydrogens (primary N) is 1. The van der Waals surface area contributed by atoms with Crippen molar-refractivity contribution in [1.82, 2.24) is 5.32 Å². The fraction of sp³-hybridized carbons (Fsp3) is 0.188. The maximum atomic E-state index is 11.8. The molecule has 2 amide bonds. The molecule has 0 bridgehead atoms. The predicted octanol–water partition coefficient (Wildman–Crippen LogP) is 1.75. The Morgan fingerprint density at radius 1 is 1.36 bits per heavy atom. The van der Waals surface area contributed by atoms with Gasteiger partial charge >= 0.3 is 13.1 Å². The van der Waals surface area contributed by atoms with Crippen LogP contribution in [0.4, 0.5) is 21.9 Å². The summed E-state index contributed by atoms with van der Waals surface area (Å²) in [5, 5.41) is 15.3. The van der Waals surface area contributed by atoms with Gasteiger partial charge in [-0.25, -0.2) is 4.79 Å². The highest BCUT2D eigenvalue weighted by molar-refractivity contribution is 8.00. The van der Waals surface area contributed by atoms with Crippen LogP contribution in [-0.2, 0) is 11.3 Å². The maximum absolute atomic E-state index is 11.8. The van der Waals surface area contributed by atoms with Crippen LogP contribution in [0.5, 0.6) is 0 Å². The Morgan fingerprint density at radius 3 is 3.00 bits per heavy atom. The van der Waals surface area contributed by atoms with E-state index in [0.29, 0.717) is 24.5 Å². The molecule has 0 unspecified atom stereocenters. The maximum Gasteiger partial charge on any atom is 0.491 e. The number of benzene rings is 2. The molecule has 1 aliphatic rings. The predicted molar refractivity (Wildman–Crippen MR) is 102 cm³/mol. The molecule has 3 rings (SSSR count). The zero-order valence-corrected chi connectivity index (χ0v) is 14.5. The second kappa shape index (κ2) is 7.69. The summed E-state index contributed by atoms with van der Waals surface area (Å²) in [7, 11) is -0.881. The number of carbonyl (C=O) groups excluding carboxylic acids is 1. The Bertz CT molecular complexity index is 790. The van der Waals surface area contributed by atoms with E-state index < -0.39 is 7.12 Å². The van der Waals surface area contributed by atoms with Gasteiger partial charge in [-0.3, -0.25) is 0 Å². The molecule has 0 aromatic heterocycles. The van der Waals surface area contributed by atoms with Gasteiger partial charge in [0.15, 0.2) is 0 Å². The number of rotatable bonds is 5. The molecule has 7 nitrogen and oxygen atoms in total. The van der Waals surface area contributed by atoms with Crippen molar-refractivity contribution in [2.45, 2.75) is 18.4 Å². The first-order chi connectivity index (χ1) is 12.1. The Hall–Kier alpha value is -2.36. The van der Waals surface area contributed by atoms with E-state index in [1.54, 1.807) is 12.1 Å². The molecular weight excluding hydrogens is 339 g/mol. The molecule has 1 aliphatic heterocycles. The average Bonchev–Trinajstić information content (AvgIpc) is 2.95. The molecule has 9 heteroatoms. The number of nitrogens with one attached hydrogen (secondary N) is 3. The fourth-order valence-electron chi connectivity index (χ4n) is 2.45. The van der Waals surface area contributed by atoms with Gasteiger partial charge in [0, 0.05) is 17.9 Å². The van der Waals surface area contributed by atoms with Gasteiger partial charge in [0.1, 0.15) is 0 Å². The summed E-state index contributed by atoms with van der Waals surface area (Å²) < 4.78 is 8.41. The summed E-state index contributed by atoms with van der Waals surface area (Å²) in [5.41, 5.74) is 9.58. The number of hydrogen-bond donors (Lipinski definition) is 5. The van der Waals surface area contributed by atoms with E-state index in [0.717, 1.165) is 21.6 Å². The fourth-order valence-corrected chi connectivity index (χ4v) is 3.16. The zero-order valence-electron chi connectivity index (χ0n) is 13.7. The van der Waals surface area contributed by atoms with Crippen LogP contribution in [0.2, 0.25) is 0 Å². The van der Waals surface area contributed by atoms with Crippen LogP contribution in [0.1, 0.15) is 12.5 Å². The Balaban J connectivity index is 1.73. The second-order valence-electron chi connectivity index (χ2n) is 5.52. The molecule has 0 atom stereocenters. The summed E-state index contributed by atoms with van der Waals surface area (Å²) in [4.78, 5) is 12.6. The summed E-state index contributed by atoms with van der Waals surface area (Å²) in [6, 6.07) is 10.7. The number of hydrogen-bond acceptors (Lipinski definition) is 6. The smallest absolute Gasteiger partial charge is 0.423 e. The van der Waals surface area contributed by atoms with Crippen LogP contribution in [0.25, 0.3) is 0 Å². The van der Waals surface area contributed by atoms with E-state index >= 15 is 0 Å². The highest BCUT2D eigenvalue weighted by atomic mass is 32.2. The molecule has 0 spiro atoms. The lowest BCUT2D eigenvalue weighted by Crippen LogP contribution is -2.28. The largest absolute Gasteiger partial charge is 0.491 e. The summed E-state index contributed by atoms with van der Waals surface area (Å²) in [5.74, 6) is 0. The van der Waals surface area contributed by atoms with E-state index in [2.05, 4.69) is 15.4 Å². The third-order valence-electron chi connectivity index (χ3n) is 3.68. The van der Waals surface area contributed by atoms with Crippen molar-refractivity contribution in [3.8, 4) is 0 Å². The first kappa shape index (κ1) is 17.5. The van der Waals surface area contributed by atoms with Crippen LogP contribution >= 0.6 is 11.9 Å². The lowest BCUT2D eigenvalue weighted by Gasteiger charge is -2.13. The molecular formula is C16H19BN4O3S. The second-order valence-corrected chi connectivity index (χ2v) is 6.37. The van der Waals surface area contributed by atoms with Gasteiger partial charge in [0.25, 0.3) is 0 Å². The SMILES string of the molecule is CCNC(=O)Nc1cc(N)ccc1SNc1ccc2c(c1)B(O)OC2. The quantitative estimate of drug-likeness (QED) is 0.317. The lowest BCUT2D eigenvalue weighted by atomic mass is 9.79. The van der Waals surface area contributed by atoms with Crippen molar-refractivity contribution in [2.75, 3.05) is 22.3 Å². The highest BCUT2D eigenvalue weighted by Crippen LogP contribution is 2.30. The van der Waals surface area contributed by atoms with E-state index in [9.17, 15) is 9.82 Å². The highest BCUT2D eigenvalue weighted by Gasteiger charge is 2.27. The topological polar surface area (TPSA) is 109 Å². The zero-order chi connectivity index (χ0) is 17.8. The van der Waals surface area contributed by atoms with Gasteiger partial charge in [-0.15, -0.1) is 0 Å². The third-order valence-corrected chi connectivity index (χ3v) is 4.59. The number of urea groups is 1. The molecule has 2 aromatic carbocycles. The number of fused-ring (bicyclic) bond motifs is 1. The van der Waals surface area contributed by atoms with Crippen LogP contribution in [0.3, 0.4) is 0 Å². The number of carbonyl (C=O) groups is 1. The molecule has 0 saturated heterocycles. The Kier molecular flexibility index (Phi) is 5.37. The molecule has 6 N–H and O–H groups in total. The first-order valence-corrected chi connectivity index (χ1v) is 8.68. The van der Waals surface area contributed by atoms with E-state index in [-0.39, 0.29) is 6.03 Å². The molecule has 25 heavy (non-hydrogen) atoms. The Morgan fingerprint density at radius 2 is 2.20 bits per heavy atom. The minimum atomic E-state index is -0.881. The molecule has 0 radical (unpaired) electrons. The summed E-state index contributed by atoms with van der Waals surface area (Å²) in [6.45, 7) is 2.80. The third kappa shape index (κ3) is 4.19. The van der Waals surface area contributed by atoms with Gasteiger partial charge in [-0.05, 0) is 60.2 Å². The normalized spacial score (nSPS) is 12.6. The van der Waals surface area contributed by atoms with Gasteiger partial charge < -0.3 is 30.8 Å². The van der Waals surface area contributed by atoms with Gasteiger partial charge in [-0.2, -0.15) is 0 Å². The standard InChI is InChI=1S/C16H19BN4O3S/c1-2-19-16(22)20-14-7-11(18)4-6-15(14)25-21-12-5-3-10-9-24-17(23)13(10)8-12/h3-8,21,23H,2,9,18H2,1H3,(H2,19,20,22). The number of anilines is 3. The van der Waals surface area contributed by atoms with E-state index in [4.69, 9.17) is 10.4 Å². The Labute approximate surface area is 150 Å². The van der Waals surface area contributed by atoms with Gasteiger partial charge in [0.05, 0.1) is 17.2 Å². The van der Waals surface area contributed by atoms with Crippen molar-refractivity contribution in [3.05, 3.63) is 42.0 Å². The summed E-state index contributed by atoms with van der Waals surface area (Å²) in [6.07, 6.45) is 0. The van der Waals surface area contributed by atoms with Crippen molar-refractivity contribution >= 4 is 47.6 Å². The van der Waals surface area contributed by atoms with Gasteiger partial charge in [-0.1, -0.05) is 6.07 Å². The molecule has 0 saturated carbocycles. The van der Waals surface area contributed by atoms with Crippen LogP contribution in [0.15, 0.2) is 41.3 Å². The van der Waals surface area contributed by atoms with Gasteiger partial charge in [0.2, 0.25) is 0 Å². The van der Waals surface area contributed by atoms with Crippen molar-refractivity contribution in [2.24, 2.45) is 0 Å². The molecule has 1 heterocycles. The molecule has 130 valence electrons. The number of amides is 2. The lowest BCUT2D eigenvalue weighted by molar-refractivity contribution is 0.252. The van der Waals surface area contributed by atoms with Crippen LogP contribution < -0.4 is 26.6 Å². The number of nitrogen functional groups attached to an aromatic ring is 1. The van der Waals surface area contributed by atoms with Crippen molar-refractivity contribution < 1.29 is 14.5 Å². The van der Waals surface area contributed by atoms with Crippen molar-refractivity contribution in [3.63, 3.8) is 0 Å². The van der Waals surface area contributed by atoms with E-state index in [1.807, 2.05) is 31.2 Å². The molecule has 0 aliphatic carbocycles. The average molecular weight is 358 g/mol. The monoisotopic (exact) mass is 358 g/mol.